The summed E-state index contributed by atoms with van der Waals surface area (Å²) >= 11 is 6.01. The van der Waals surface area contributed by atoms with E-state index in [1.54, 1.807) is 18.2 Å². The van der Waals surface area contributed by atoms with Crippen molar-refractivity contribution >= 4 is 11.6 Å². The van der Waals surface area contributed by atoms with Crippen LogP contribution in [0.1, 0.15) is 18.5 Å². The third-order valence-corrected chi connectivity index (χ3v) is 2.43. The summed E-state index contributed by atoms with van der Waals surface area (Å²) in [7, 11) is 0. The molecule has 1 N–H and O–H groups in total. The first-order chi connectivity index (χ1) is 7.69. The Morgan fingerprint density at radius 1 is 1.38 bits per heavy atom. The summed E-state index contributed by atoms with van der Waals surface area (Å²) in [6, 6.07) is 10.9. The molecule has 0 fully saturated rings. The van der Waals surface area contributed by atoms with E-state index in [2.05, 4.69) is 5.32 Å². The van der Waals surface area contributed by atoms with E-state index in [1.807, 2.05) is 25.1 Å². The molecule has 0 spiro atoms. The number of benzene rings is 1. The molecule has 0 aliphatic rings. The summed E-state index contributed by atoms with van der Waals surface area (Å²) in [6.07, 6.45) is 1.40. The highest BCUT2D eigenvalue weighted by Crippen LogP contribution is 2.21. The zero-order valence-electron chi connectivity index (χ0n) is 8.74. The predicted molar refractivity (Wildman–Crippen MR) is 62.3 cm³/mol. The van der Waals surface area contributed by atoms with Crippen LogP contribution < -0.4 is 5.32 Å². The molecule has 16 heavy (non-hydrogen) atoms. The fourth-order valence-corrected chi connectivity index (χ4v) is 1.51. The molecule has 4 heteroatoms. The van der Waals surface area contributed by atoms with Gasteiger partial charge in [0.05, 0.1) is 0 Å². The van der Waals surface area contributed by atoms with Gasteiger partial charge in [-0.2, -0.15) is 10.5 Å². The standard InChI is InChI=1S/C12H10ClN3/c1-9(16-8-10(6-14)7-15)11-4-2-3-5-12(11)13/h2-5,8-9,16H,1H3. The summed E-state index contributed by atoms with van der Waals surface area (Å²) in [5.41, 5.74) is 0.967. The van der Waals surface area contributed by atoms with Gasteiger partial charge >= 0.3 is 0 Å². The average Bonchev–Trinajstić information content (AvgIpc) is 2.30. The molecular weight excluding hydrogens is 222 g/mol. The SMILES string of the molecule is CC(NC=C(C#N)C#N)c1ccccc1Cl. The fourth-order valence-electron chi connectivity index (χ4n) is 1.21. The van der Waals surface area contributed by atoms with E-state index in [-0.39, 0.29) is 11.6 Å². The molecule has 1 rings (SSSR count). The van der Waals surface area contributed by atoms with Gasteiger partial charge in [-0.1, -0.05) is 29.8 Å². The first kappa shape index (κ1) is 12.1. The number of rotatable bonds is 3. The molecule has 0 radical (unpaired) electrons. The molecule has 1 aromatic rings. The lowest BCUT2D eigenvalue weighted by Crippen LogP contribution is -2.12. The van der Waals surface area contributed by atoms with Crippen LogP contribution in [0.3, 0.4) is 0 Å². The molecule has 80 valence electrons. The second kappa shape index (κ2) is 5.80. The number of hydrogen-bond donors (Lipinski definition) is 1. The highest BCUT2D eigenvalue weighted by Gasteiger charge is 2.06. The van der Waals surface area contributed by atoms with Crippen molar-refractivity contribution in [3.05, 3.63) is 46.6 Å². The monoisotopic (exact) mass is 231 g/mol. The van der Waals surface area contributed by atoms with Gasteiger partial charge in [0, 0.05) is 17.3 Å². The fraction of sp³-hybridized carbons (Fsp3) is 0.167. The molecule has 1 atom stereocenters. The van der Waals surface area contributed by atoms with Crippen LogP contribution in [0.15, 0.2) is 36.0 Å². The molecule has 0 aromatic heterocycles. The van der Waals surface area contributed by atoms with Crippen LogP contribution >= 0.6 is 11.6 Å². The number of allylic oxidation sites excluding steroid dienone is 1. The molecule has 0 aliphatic carbocycles. The minimum atomic E-state index is -0.0506. The maximum atomic E-state index is 8.56. The molecule has 0 heterocycles. The minimum Gasteiger partial charge on any atom is -0.383 e. The molecular formula is C12H10ClN3. The van der Waals surface area contributed by atoms with Crippen LogP contribution in [0, 0.1) is 22.7 Å². The Labute approximate surface area is 99.6 Å². The lowest BCUT2D eigenvalue weighted by Gasteiger charge is -2.13. The molecule has 1 unspecified atom stereocenters. The highest BCUT2D eigenvalue weighted by molar-refractivity contribution is 6.31. The summed E-state index contributed by atoms with van der Waals surface area (Å²) in [4.78, 5) is 0. The van der Waals surface area contributed by atoms with Crippen molar-refractivity contribution in [2.75, 3.05) is 0 Å². The maximum absolute atomic E-state index is 8.56. The van der Waals surface area contributed by atoms with Crippen LogP contribution in [-0.4, -0.2) is 0 Å². The topological polar surface area (TPSA) is 59.6 Å². The molecule has 0 saturated heterocycles. The normalized spacial score (nSPS) is 10.8. The van der Waals surface area contributed by atoms with Crippen LogP contribution in [0.25, 0.3) is 0 Å². The Bertz CT molecular complexity index is 464. The van der Waals surface area contributed by atoms with Crippen molar-refractivity contribution in [1.82, 2.24) is 5.32 Å². The molecule has 0 saturated carbocycles. The maximum Gasteiger partial charge on any atom is 0.145 e. The summed E-state index contributed by atoms with van der Waals surface area (Å²) in [5.74, 6) is 0. The van der Waals surface area contributed by atoms with Gasteiger partial charge in [0.15, 0.2) is 0 Å². The molecule has 3 nitrogen and oxygen atoms in total. The van der Waals surface area contributed by atoms with Gasteiger partial charge < -0.3 is 5.32 Å². The van der Waals surface area contributed by atoms with E-state index in [9.17, 15) is 0 Å². The van der Waals surface area contributed by atoms with Crippen LogP contribution in [0.4, 0.5) is 0 Å². The van der Waals surface area contributed by atoms with Crippen LogP contribution in [-0.2, 0) is 0 Å². The predicted octanol–water partition coefficient (Wildman–Crippen LogP) is 2.92. The quantitative estimate of drug-likeness (QED) is 0.814. The smallest absolute Gasteiger partial charge is 0.145 e. The van der Waals surface area contributed by atoms with Gasteiger partial charge in [0.2, 0.25) is 0 Å². The van der Waals surface area contributed by atoms with Gasteiger partial charge in [-0.05, 0) is 18.6 Å². The third-order valence-electron chi connectivity index (χ3n) is 2.09. The number of hydrogen-bond acceptors (Lipinski definition) is 3. The van der Waals surface area contributed by atoms with Crippen molar-refractivity contribution in [1.29, 1.82) is 10.5 Å². The van der Waals surface area contributed by atoms with Gasteiger partial charge in [-0.25, -0.2) is 0 Å². The van der Waals surface area contributed by atoms with Crippen LogP contribution in [0.2, 0.25) is 5.02 Å². The average molecular weight is 232 g/mol. The summed E-state index contributed by atoms with van der Waals surface area (Å²) in [5, 5.41) is 20.7. The Morgan fingerprint density at radius 2 is 2.00 bits per heavy atom. The van der Waals surface area contributed by atoms with Gasteiger partial charge in [-0.3, -0.25) is 0 Å². The summed E-state index contributed by atoms with van der Waals surface area (Å²) in [6.45, 7) is 1.91. The Hall–Kier alpha value is -1.97. The van der Waals surface area contributed by atoms with E-state index in [4.69, 9.17) is 22.1 Å². The van der Waals surface area contributed by atoms with Crippen molar-refractivity contribution in [3.63, 3.8) is 0 Å². The molecule has 0 bridgehead atoms. The Balaban J connectivity index is 2.79. The number of nitrogens with one attached hydrogen (secondary N) is 1. The van der Waals surface area contributed by atoms with E-state index in [1.165, 1.54) is 6.20 Å². The second-order valence-corrected chi connectivity index (χ2v) is 3.60. The van der Waals surface area contributed by atoms with E-state index in [0.717, 1.165) is 5.56 Å². The summed E-state index contributed by atoms with van der Waals surface area (Å²) < 4.78 is 0. The Kier molecular flexibility index (Phi) is 4.39. The van der Waals surface area contributed by atoms with Crippen LogP contribution in [0.5, 0.6) is 0 Å². The van der Waals surface area contributed by atoms with Gasteiger partial charge in [0.25, 0.3) is 0 Å². The number of halogens is 1. The van der Waals surface area contributed by atoms with E-state index < -0.39 is 0 Å². The third kappa shape index (κ3) is 3.02. The lowest BCUT2D eigenvalue weighted by atomic mass is 10.1. The second-order valence-electron chi connectivity index (χ2n) is 3.19. The highest BCUT2D eigenvalue weighted by atomic mass is 35.5. The van der Waals surface area contributed by atoms with E-state index >= 15 is 0 Å². The van der Waals surface area contributed by atoms with Crippen molar-refractivity contribution < 1.29 is 0 Å². The number of nitrogens with zero attached hydrogens (tertiary/aromatic N) is 2. The van der Waals surface area contributed by atoms with Crippen molar-refractivity contribution in [3.8, 4) is 12.1 Å². The first-order valence-electron chi connectivity index (χ1n) is 4.70. The minimum absolute atomic E-state index is 0.0407. The first-order valence-corrected chi connectivity index (χ1v) is 5.07. The zero-order chi connectivity index (χ0) is 12.0. The van der Waals surface area contributed by atoms with Gasteiger partial charge in [-0.15, -0.1) is 0 Å². The molecule has 0 aliphatic heterocycles. The van der Waals surface area contributed by atoms with Gasteiger partial charge in [0.1, 0.15) is 17.7 Å². The zero-order valence-corrected chi connectivity index (χ0v) is 9.49. The van der Waals surface area contributed by atoms with Crippen molar-refractivity contribution in [2.45, 2.75) is 13.0 Å². The van der Waals surface area contributed by atoms with Crippen molar-refractivity contribution in [2.24, 2.45) is 0 Å². The molecule has 1 aromatic carbocycles. The molecule has 0 amide bonds. The Morgan fingerprint density at radius 3 is 2.56 bits per heavy atom. The lowest BCUT2D eigenvalue weighted by molar-refractivity contribution is 0.685. The number of nitriles is 2. The van der Waals surface area contributed by atoms with E-state index in [0.29, 0.717) is 5.02 Å². The largest absolute Gasteiger partial charge is 0.383 e.